The van der Waals surface area contributed by atoms with Crippen LogP contribution in [0.5, 0.6) is 11.5 Å². The highest BCUT2D eigenvalue weighted by Gasteiger charge is 2.20. The van der Waals surface area contributed by atoms with E-state index in [-0.39, 0.29) is 18.6 Å². The first kappa shape index (κ1) is 19.0. The van der Waals surface area contributed by atoms with E-state index >= 15 is 0 Å². The minimum absolute atomic E-state index is 0.0825. The fourth-order valence-corrected chi connectivity index (χ4v) is 2.82. The lowest BCUT2D eigenvalue weighted by atomic mass is 10.2. The molecular weight excluding hydrogens is 346 g/mol. The smallest absolute Gasteiger partial charge is 0.252 e. The molecule has 2 aromatic rings. The molecule has 3 rings (SSSR count). The first-order chi connectivity index (χ1) is 13.2. The van der Waals surface area contributed by atoms with Crippen LogP contribution in [0.2, 0.25) is 0 Å². The molecule has 0 aliphatic carbocycles. The van der Waals surface area contributed by atoms with E-state index in [1.54, 1.807) is 18.3 Å². The van der Waals surface area contributed by atoms with Gasteiger partial charge in [0.25, 0.3) is 5.91 Å². The van der Waals surface area contributed by atoms with Crippen LogP contribution in [-0.4, -0.2) is 55.5 Å². The van der Waals surface area contributed by atoms with Crippen molar-refractivity contribution in [3.8, 4) is 11.5 Å². The predicted octanol–water partition coefficient (Wildman–Crippen LogP) is 1.86. The summed E-state index contributed by atoms with van der Waals surface area (Å²) in [4.78, 5) is 18.5. The van der Waals surface area contributed by atoms with Gasteiger partial charge >= 0.3 is 0 Å². The number of nitrogens with zero attached hydrogens (tertiary/aromatic N) is 2. The number of aliphatic hydroxyl groups is 1. The molecule has 0 fully saturated rings. The summed E-state index contributed by atoms with van der Waals surface area (Å²) in [6.45, 7) is 1.82. The maximum atomic E-state index is 12.3. The van der Waals surface area contributed by atoms with Crippen molar-refractivity contribution in [1.29, 1.82) is 0 Å². The zero-order valence-electron chi connectivity index (χ0n) is 15.4. The van der Waals surface area contributed by atoms with E-state index in [2.05, 4.69) is 10.3 Å². The number of carbonyl (C=O) groups excluding carboxylic acids is 1. The van der Waals surface area contributed by atoms with E-state index in [1.807, 2.05) is 36.2 Å². The fraction of sp³-hybridized carbons (Fsp3) is 0.400. The van der Waals surface area contributed by atoms with Gasteiger partial charge < -0.3 is 24.8 Å². The van der Waals surface area contributed by atoms with E-state index in [4.69, 9.17) is 14.6 Å². The topological polar surface area (TPSA) is 83.9 Å². The van der Waals surface area contributed by atoms with Crippen molar-refractivity contribution < 1.29 is 19.4 Å². The lowest BCUT2D eigenvalue weighted by molar-refractivity contribution is 0.0812. The number of aromatic nitrogens is 1. The second kappa shape index (κ2) is 9.23. The molecule has 27 heavy (non-hydrogen) atoms. The highest BCUT2D eigenvalue weighted by molar-refractivity contribution is 5.94. The van der Waals surface area contributed by atoms with Gasteiger partial charge in [0.15, 0.2) is 11.5 Å². The van der Waals surface area contributed by atoms with E-state index in [0.29, 0.717) is 38.1 Å². The van der Waals surface area contributed by atoms with Crippen molar-refractivity contribution in [3.05, 3.63) is 48.2 Å². The van der Waals surface area contributed by atoms with Crippen LogP contribution in [0, 0.1) is 0 Å². The third kappa shape index (κ3) is 5.10. The number of anilines is 1. The molecule has 0 saturated heterocycles. The number of para-hydroxylation sites is 2. The molecule has 2 N–H and O–H groups in total. The quantitative estimate of drug-likeness (QED) is 0.737. The average Bonchev–Trinajstić information content (AvgIpc) is 2.72. The molecule has 0 bridgehead atoms. The van der Waals surface area contributed by atoms with Crippen LogP contribution in [0.4, 0.5) is 5.82 Å². The monoisotopic (exact) mass is 371 g/mol. The Labute approximate surface area is 158 Å². The number of benzene rings is 1. The van der Waals surface area contributed by atoms with Gasteiger partial charge in [-0.2, -0.15) is 0 Å². The van der Waals surface area contributed by atoms with Crippen molar-refractivity contribution >= 4 is 11.7 Å². The lowest BCUT2D eigenvalue weighted by Crippen LogP contribution is -2.34. The summed E-state index contributed by atoms with van der Waals surface area (Å²) in [6, 6.07) is 11.1. The Kier molecular flexibility index (Phi) is 6.49. The van der Waals surface area contributed by atoms with E-state index in [0.717, 1.165) is 17.3 Å². The van der Waals surface area contributed by atoms with Gasteiger partial charge in [-0.15, -0.1) is 0 Å². The summed E-state index contributed by atoms with van der Waals surface area (Å²) in [5, 5.41) is 11.8. The number of amides is 1. The summed E-state index contributed by atoms with van der Waals surface area (Å²) < 4.78 is 11.6. The molecule has 0 radical (unpaired) electrons. The van der Waals surface area contributed by atoms with Crippen molar-refractivity contribution in [1.82, 2.24) is 10.3 Å². The highest BCUT2D eigenvalue weighted by atomic mass is 16.6. The summed E-state index contributed by atoms with van der Waals surface area (Å²) in [5.41, 5.74) is 0.514. The van der Waals surface area contributed by atoms with Crippen molar-refractivity contribution in [3.63, 3.8) is 0 Å². The van der Waals surface area contributed by atoms with Gasteiger partial charge in [0.2, 0.25) is 0 Å². The van der Waals surface area contributed by atoms with Crippen LogP contribution in [0.15, 0.2) is 42.6 Å². The molecule has 1 aliphatic heterocycles. The second-order valence-electron chi connectivity index (χ2n) is 6.45. The van der Waals surface area contributed by atoms with Crippen LogP contribution in [0.3, 0.4) is 0 Å². The Morgan fingerprint density at radius 3 is 2.85 bits per heavy atom. The Morgan fingerprint density at radius 2 is 2.11 bits per heavy atom. The maximum Gasteiger partial charge on any atom is 0.252 e. The van der Waals surface area contributed by atoms with Gasteiger partial charge in [-0.25, -0.2) is 4.98 Å². The summed E-state index contributed by atoms with van der Waals surface area (Å²) in [7, 11) is 1.90. The molecule has 0 unspecified atom stereocenters. The van der Waals surface area contributed by atoms with Crippen LogP contribution < -0.4 is 19.7 Å². The fourth-order valence-electron chi connectivity index (χ4n) is 2.82. The largest absolute Gasteiger partial charge is 0.486 e. The maximum absolute atomic E-state index is 12.3. The normalized spacial score (nSPS) is 15.3. The van der Waals surface area contributed by atoms with E-state index in [9.17, 15) is 4.79 Å². The predicted molar refractivity (Wildman–Crippen MR) is 103 cm³/mol. The minimum Gasteiger partial charge on any atom is -0.486 e. The molecule has 1 aromatic carbocycles. The number of carbonyl (C=O) groups is 1. The van der Waals surface area contributed by atoms with E-state index < -0.39 is 0 Å². The first-order valence-electron chi connectivity index (χ1n) is 9.12. The molecule has 7 heteroatoms. The molecule has 2 heterocycles. The van der Waals surface area contributed by atoms with Crippen LogP contribution >= 0.6 is 0 Å². The summed E-state index contributed by atoms with van der Waals surface area (Å²) in [6.07, 6.45) is 2.82. The van der Waals surface area contributed by atoms with Gasteiger partial charge in [-0.3, -0.25) is 4.79 Å². The number of ether oxygens (including phenoxy) is 2. The SMILES string of the molecule is CN(CCCO)c1ccc(C(=O)NCC[C@H]2COc3ccccc3O2)cn1. The minimum atomic E-state index is -0.163. The lowest BCUT2D eigenvalue weighted by Gasteiger charge is -2.26. The Morgan fingerprint density at radius 1 is 1.30 bits per heavy atom. The van der Waals surface area contributed by atoms with Crippen molar-refractivity contribution in [2.45, 2.75) is 18.9 Å². The van der Waals surface area contributed by atoms with E-state index in [1.165, 1.54) is 0 Å². The number of rotatable bonds is 8. The molecule has 144 valence electrons. The first-order valence-corrected chi connectivity index (χ1v) is 9.12. The number of pyridine rings is 1. The molecule has 1 aromatic heterocycles. The van der Waals surface area contributed by atoms with Gasteiger partial charge in [0.1, 0.15) is 18.5 Å². The highest BCUT2D eigenvalue weighted by Crippen LogP contribution is 2.31. The molecule has 0 saturated carbocycles. The summed E-state index contributed by atoms with van der Waals surface area (Å²) in [5.74, 6) is 2.11. The second-order valence-corrected chi connectivity index (χ2v) is 6.45. The average molecular weight is 371 g/mol. The van der Waals surface area contributed by atoms with Crippen LogP contribution in [0.1, 0.15) is 23.2 Å². The van der Waals surface area contributed by atoms with Crippen molar-refractivity contribution in [2.24, 2.45) is 0 Å². The summed E-state index contributed by atoms with van der Waals surface area (Å²) >= 11 is 0. The molecule has 0 spiro atoms. The van der Waals surface area contributed by atoms with Gasteiger partial charge in [0.05, 0.1) is 5.56 Å². The number of aliphatic hydroxyl groups excluding tert-OH is 1. The Hall–Kier alpha value is -2.80. The Bertz CT molecular complexity index is 751. The molecule has 1 aliphatic rings. The molecule has 1 amide bonds. The number of hydrogen-bond acceptors (Lipinski definition) is 6. The number of nitrogens with one attached hydrogen (secondary N) is 1. The standard InChI is InChI=1S/C20H25N3O4/c1-23(11-4-12-24)19-8-7-15(13-22-19)20(25)21-10-9-16-14-26-17-5-2-3-6-18(17)27-16/h2-3,5-8,13,16,24H,4,9-12,14H2,1H3,(H,21,25)/t16-/m0/s1. The zero-order valence-corrected chi connectivity index (χ0v) is 15.4. The molecular formula is C20H25N3O4. The van der Waals surface area contributed by atoms with Gasteiger partial charge in [-0.05, 0) is 30.7 Å². The third-order valence-corrected chi connectivity index (χ3v) is 4.37. The Balaban J connectivity index is 1.44. The van der Waals surface area contributed by atoms with Crippen molar-refractivity contribution in [2.75, 3.05) is 38.3 Å². The molecule has 7 nitrogen and oxygen atoms in total. The van der Waals surface area contributed by atoms with Gasteiger partial charge in [-0.1, -0.05) is 12.1 Å². The third-order valence-electron chi connectivity index (χ3n) is 4.37. The number of hydrogen-bond donors (Lipinski definition) is 2. The van der Waals surface area contributed by atoms with Crippen LogP contribution in [-0.2, 0) is 0 Å². The molecule has 1 atom stereocenters. The van der Waals surface area contributed by atoms with Crippen LogP contribution in [0.25, 0.3) is 0 Å². The van der Waals surface area contributed by atoms with Gasteiger partial charge in [0, 0.05) is 39.4 Å². The zero-order chi connectivity index (χ0) is 19.1. The number of fused-ring (bicyclic) bond motifs is 1.